The van der Waals surface area contributed by atoms with Gasteiger partial charge in [-0.15, -0.1) is 11.3 Å². The third-order valence-corrected chi connectivity index (χ3v) is 6.07. The molecule has 0 fully saturated rings. The quantitative estimate of drug-likeness (QED) is 0.491. The minimum Gasteiger partial charge on any atom is -0.313 e. The van der Waals surface area contributed by atoms with Gasteiger partial charge in [0.15, 0.2) is 0 Å². The van der Waals surface area contributed by atoms with Crippen LogP contribution in [-0.2, 0) is 17.6 Å². The molecule has 3 rings (SSSR count). The molecule has 1 aliphatic carbocycles. The second-order valence-electron chi connectivity index (χ2n) is 6.36. The number of halogens is 1. The Balaban J connectivity index is 1.91. The highest BCUT2D eigenvalue weighted by molar-refractivity contribution is 9.10. The molecule has 6 nitrogen and oxygen atoms in total. The van der Waals surface area contributed by atoms with Crippen molar-refractivity contribution in [3.63, 3.8) is 0 Å². The number of benzene rings is 1. The van der Waals surface area contributed by atoms with Crippen molar-refractivity contribution >= 4 is 50.0 Å². The van der Waals surface area contributed by atoms with Crippen LogP contribution in [0.4, 0.5) is 5.00 Å². The van der Waals surface area contributed by atoms with Crippen molar-refractivity contribution < 1.29 is 14.4 Å². The fourth-order valence-corrected chi connectivity index (χ4v) is 4.60. The molecule has 1 aliphatic rings. The average Bonchev–Trinajstić information content (AvgIpc) is 2.81. The number of fused-ring (bicyclic) bond motifs is 1. The fraction of sp³-hybridized carbons (Fsp3) is 0.316. The van der Waals surface area contributed by atoms with Crippen LogP contribution in [0.3, 0.4) is 0 Å². The highest BCUT2D eigenvalue weighted by Crippen LogP contribution is 2.37. The monoisotopic (exact) mass is 449 g/mol. The number of amides is 3. The molecule has 0 unspecified atom stereocenters. The maximum atomic E-state index is 12.7. The Morgan fingerprint density at radius 2 is 1.67 bits per heavy atom. The van der Waals surface area contributed by atoms with Crippen molar-refractivity contribution in [2.75, 3.05) is 5.32 Å². The third kappa shape index (κ3) is 4.75. The first-order chi connectivity index (χ1) is 13.0. The molecule has 2 aromatic rings. The number of aryl methyl sites for hydroxylation is 1. The van der Waals surface area contributed by atoms with Crippen LogP contribution in [-0.4, -0.2) is 17.7 Å². The van der Waals surface area contributed by atoms with E-state index in [1.165, 1.54) is 18.3 Å². The normalized spacial score (nSPS) is 13.3. The summed E-state index contributed by atoms with van der Waals surface area (Å²) in [5.74, 6) is -1.03. The van der Waals surface area contributed by atoms with Gasteiger partial charge < -0.3 is 5.32 Å². The lowest BCUT2D eigenvalue weighted by Crippen LogP contribution is -2.40. The van der Waals surface area contributed by atoms with Crippen molar-refractivity contribution in [3.8, 4) is 0 Å². The molecule has 142 valence electrons. The van der Waals surface area contributed by atoms with Crippen LogP contribution in [0.5, 0.6) is 0 Å². The number of nitrogens with one attached hydrogen (secondary N) is 3. The number of hydrogen-bond acceptors (Lipinski definition) is 4. The zero-order valence-electron chi connectivity index (χ0n) is 14.9. The summed E-state index contributed by atoms with van der Waals surface area (Å²) in [5.41, 5.74) is 6.69. The molecule has 0 aliphatic heterocycles. The summed E-state index contributed by atoms with van der Waals surface area (Å²) in [6, 6.07) is 7.02. The topological polar surface area (TPSA) is 87.3 Å². The predicted octanol–water partition coefficient (Wildman–Crippen LogP) is 3.81. The molecular formula is C19H20BrN3O3S. The Morgan fingerprint density at radius 1 is 0.963 bits per heavy atom. The predicted molar refractivity (Wildman–Crippen MR) is 109 cm³/mol. The van der Waals surface area contributed by atoms with E-state index >= 15 is 0 Å². The molecule has 0 atom stereocenters. The van der Waals surface area contributed by atoms with Gasteiger partial charge in [0.2, 0.25) is 5.91 Å². The standard InChI is InChI=1S/C19H20BrN3O3S/c1-11(24)22-23-18(26)16-14-5-3-2-4-6-15(14)27-19(16)21-17(25)12-7-9-13(20)10-8-12/h7-10H,2-6H2,1H3,(H,21,25)(H,22,24)(H,23,26). The van der Waals surface area contributed by atoms with Gasteiger partial charge in [0, 0.05) is 21.8 Å². The van der Waals surface area contributed by atoms with Crippen molar-refractivity contribution in [1.29, 1.82) is 0 Å². The lowest BCUT2D eigenvalue weighted by Gasteiger charge is -2.10. The van der Waals surface area contributed by atoms with E-state index < -0.39 is 5.91 Å². The lowest BCUT2D eigenvalue weighted by atomic mass is 10.0. The minimum atomic E-state index is -0.407. The minimum absolute atomic E-state index is 0.271. The van der Waals surface area contributed by atoms with Gasteiger partial charge in [-0.25, -0.2) is 0 Å². The lowest BCUT2D eigenvalue weighted by molar-refractivity contribution is -0.119. The van der Waals surface area contributed by atoms with Gasteiger partial charge in [0.05, 0.1) is 5.56 Å². The van der Waals surface area contributed by atoms with Crippen LogP contribution < -0.4 is 16.2 Å². The number of anilines is 1. The summed E-state index contributed by atoms with van der Waals surface area (Å²) >= 11 is 4.80. The van der Waals surface area contributed by atoms with Crippen LogP contribution in [0.2, 0.25) is 0 Å². The molecule has 3 N–H and O–H groups in total. The van der Waals surface area contributed by atoms with Gasteiger partial charge in [-0.3, -0.25) is 25.2 Å². The number of thiophene rings is 1. The summed E-state index contributed by atoms with van der Waals surface area (Å²) in [6.07, 6.45) is 4.89. The number of hydrogen-bond donors (Lipinski definition) is 3. The van der Waals surface area contributed by atoms with E-state index in [2.05, 4.69) is 32.1 Å². The first-order valence-electron chi connectivity index (χ1n) is 8.74. The summed E-state index contributed by atoms with van der Waals surface area (Å²) in [7, 11) is 0. The smallest absolute Gasteiger partial charge is 0.272 e. The van der Waals surface area contributed by atoms with Crippen molar-refractivity contribution in [2.24, 2.45) is 0 Å². The second-order valence-corrected chi connectivity index (χ2v) is 8.39. The number of rotatable bonds is 3. The molecule has 27 heavy (non-hydrogen) atoms. The van der Waals surface area contributed by atoms with Crippen LogP contribution in [0, 0.1) is 0 Å². The summed E-state index contributed by atoms with van der Waals surface area (Å²) in [5, 5.41) is 3.41. The Kier molecular flexibility index (Phi) is 6.28. The largest absolute Gasteiger partial charge is 0.313 e. The Hall–Kier alpha value is -2.19. The zero-order chi connectivity index (χ0) is 19.4. The maximum absolute atomic E-state index is 12.7. The van der Waals surface area contributed by atoms with E-state index in [1.54, 1.807) is 24.3 Å². The summed E-state index contributed by atoms with van der Waals surface area (Å²) in [4.78, 5) is 37.6. The highest BCUT2D eigenvalue weighted by Gasteiger charge is 2.26. The molecule has 3 amide bonds. The van der Waals surface area contributed by atoms with Crippen LogP contribution >= 0.6 is 27.3 Å². The van der Waals surface area contributed by atoms with E-state index in [-0.39, 0.29) is 11.8 Å². The number of carbonyl (C=O) groups is 3. The van der Waals surface area contributed by atoms with Crippen molar-refractivity contribution in [1.82, 2.24) is 10.9 Å². The van der Waals surface area contributed by atoms with Gasteiger partial charge in [0.1, 0.15) is 5.00 Å². The highest BCUT2D eigenvalue weighted by atomic mass is 79.9. The first-order valence-corrected chi connectivity index (χ1v) is 10.3. The first kappa shape index (κ1) is 19.6. The molecule has 0 bridgehead atoms. The Morgan fingerprint density at radius 3 is 2.37 bits per heavy atom. The second kappa shape index (κ2) is 8.67. The maximum Gasteiger partial charge on any atom is 0.272 e. The van der Waals surface area contributed by atoms with Gasteiger partial charge in [0.25, 0.3) is 11.8 Å². The Labute approximate surface area is 169 Å². The summed E-state index contributed by atoms with van der Waals surface area (Å²) < 4.78 is 0.886. The third-order valence-electron chi connectivity index (χ3n) is 4.33. The molecular weight excluding hydrogens is 430 g/mol. The Bertz CT molecular complexity index is 877. The van der Waals surface area contributed by atoms with E-state index in [9.17, 15) is 14.4 Å². The van der Waals surface area contributed by atoms with Crippen LogP contribution in [0.25, 0.3) is 0 Å². The van der Waals surface area contributed by atoms with Crippen LogP contribution in [0.15, 0.2) is 28.7 Å². The molecule has 0 saturated heterocycles. The van der Waals surface area contributed by atoms with Gasteiger partial charge >= 0.3 is 0 Å². The molecule has 1 aromatic heterocycles. The zero-order valence-corrected chi connectivity index (χ0v) is 17.3. The average molecular weight is 450 g/mol. The van der Waals surface area contributed by atoms with E-state index in [0.29, 0.717) is 16.1 Å². The van der Waals surface area contributed by atoms with Gasteiger partial charge in [-0.2, -0.15) is 0 Å². The van der Waals surface area contributed by atoms with Gasteiger partial charge in [-0.05, 0) is 55.5 Å². The van der Waals surface area contributed by atoms with E-state index in [4.69, 9.17) is 0 Å². The summed E-state index contributed by atoms with van der Waals surface area (Å²) in [6.45, 7) is 1.32. The molecule has 0 spiro atoms. The molecule has 1 heterocycles. The van der Waals surface area contributed by atoms with E-state index in [0.717, 1.165) is 47.0 Å². The van der Waals surface area contributed by atoms with E-state index in [1.807, 2.05) is 0 Å². The number of hydrazine groups is 1. The molecule has 0 saturated carbocycles. The SMILES string of the molecule is CC(=O)NNC(=O)c1c(NC(=O)c2ccc(Br)cc2)sc2c1CCCCC2. The van der Waals surface area contributed by atoms with Gasteiger partial charge in [-0.1, -0.05) is 22.4 Å². The molecule has 1 aromatic carbocycles. The van der Waals surface area contributed by atoms with Crippen molar-refractivity contribution in [2.45, 2.75) is 39.0 Å². The molecule has 0 radical (unpaired) electrons. The van der Waals surface area contributed by atoms with Crippen molar-refractivity contribution in [3.05, 3.63) is 50.3 Å². The van der Waals surface area contributed by atoms with Crippen LogP contribution in [0.1, 0.15) is 57.3 Å². The fourth-order valence-electron chi connectivity index (χ4n) is 3.05. The number of carbonyl (C=O) groups excluding carboxylic acids is 3. The molecule has 8 heteroatoms.